The Morgan fingerprint density at radius 2 is 1.87 bits per heavy atom. The number of benzene rings is 3. The lowest BCUT2D eigenvalue weighted by Gasteiger charge is -2.38. The van der Waals surface area contributed by atoms with Crippen molar-refractivity contribution in [1.29, 1.82) is 0 Å². The summed E-state index contributed by atoms with van der Waals surface area (Å²) < 4.78 is 5.48. The molecule has 0 saturated heterocycles. The topological polar surface area (TPSA) is 105 Å². The third-order valence-electron chi connectivity index (χ3n) is 4.86. The van der Waals surface area contributed by atoms with Crippen molar-refractivity contribution in [3.05, 3.63) is 88.0 Å². The highest BCUT2D eigenvalue weighted by atomic mass is 16.6. The summed E-state index contributed by atoms with van der Waals surface area (Å²) in [5.41, 5.74) is 1.77. The van der Waals surface area contributed by atoms with Crippen LogP contribution in [0.1, 0.15) is 29.0 Å². The van der Waals surface area contributed by atoms with Gasteiger partial charge in [-0.3, -0.25) is 19.8 Å². The molecule has 1 aliphatic rings. The Balaban J connectivity index is 1.83. The third kappa shape index (κ3) is 3.39. The largest absolute Gasteiger partial charge is 0.502 e. The van der Waals surface area contributed by atoms with Crippen molar-refractivity contribution in [3.8, 4) is 11.5 Å². The number of hydrogen-bond acceptors (Lipinski definition) is 6. The van der Waals surface area contributed by atoms with Crippen LogP contribution in [0.3, 0.4) is 0 Å². The molecular weight excluding hydrogens is 386 g/mol. The van der Waals surface area contributed by atoms with E-state index in [0.29, 0.717) is 34.9 Å². The van der Waals surface area contributed by atoms with Gasteiger partial charge in [0.1, 0.15) is 11.9 Å². The van der Waals surface area contributed by atoms with Gasteiger partial charge < -0.3 is 15.2 Å². The predicted octanol–water partition coefficient (Wildman–Crippen LogP) is 4.47. The van der Waals surface area contributed by atoms with Gasteiger partial charge in [-0.1, -0.05) is 18.2 Å². The van der Waals surface area contributed by atoms with E-state index in [1.807, 2.05) is 13.0 Å². The fourth-order valence-corrected chi connectivity index (χ4v) is 3.48. The average Bonchev–Trinajstić information content (AvgIpc) is 2.75. The van der Waals surface area contributed by atoms with Crippen LogP contribution in [0.5, 0.6) is 11.5 Å². The highest BCUT2D eigenvalue weighted by Crippen LogP contribution is 2.39. The van der Waals surface area contributed by atoms with Gasteiger partial charge in [0.05, 0.1) is 17.1 Å². The molecule has 30 heavy (non-hydrogen) atoms. The van der Waals surface area contributed by atoms with Gasteiger partial charge in [0.2, 0.25) is 0 Å². The van der Waals surface area contributed by atoms with Gasteiger partial charge >= 0.3 is 5.69 Å². The molecule has 0 aliphatic carbocycles. The van der Waals surface area contributed by atoms with E-state index in [9.17, 15) is 20.0 Å². The van der Waals surface area contributed by atoms with Gasteiger partial charge in [0.25, 0.3) is 5.91 Å². The van der Waals surface area contributed by atoms with E-state index in [-0.39, 0.29) is 5.91 Å². The minimum absolute atomic E-state index is 0.241. The molecule has 1 aliphatic heterocycles. The number of carbonyl (C=O) groups excluding carboxylic acids is 1. The molecule has 2 N–H and O–H groups in total. The number of hydrogen-bond donors (Lipinski definition) is 2. The van der Waals surface area contributed by atoms with Crippen molar-refractivity contribution in [3.63, 3.8) is 0 Å². The molecule has 1 heterocycles. The van der Waals surface area contributed by atoms with E-state index in [0.717, 1.165) is 0 Å². The summed E-state index contributed by atoms with van der Waals surface area (Å²) in [5.74, 6) is 0.00373. The summed E-state index contributed by atoms with van der Waals surface area (Å²) >= 11 is 0. The van der Waals surface area contributed by atoms with Crippen LogP contribution in [-0.2, 0) is 0 Å². The third-order valence-corrected chi connectivity index (χ3v) is 4.86. The first kappa shape index (κ1) is 19.3. The number of para-hydroxylation sites is 1. The maximum Gasteiger partial charge on any atom is 0.311 e. The Morgan fingerprint density at radius 3 is 2.57 bits per heavy atom. The molecule has 1 amide bonds. The minimum atomic E-state index is -0.704. The monoisotopic (exact) mass is 405 g/mol. The van der Waals surface area contributed by atoms with Crippen molar-refractivity contribution in [2.24, 2.45) is 0 Å². The molecule has 4 rings (SSSR count). The summed E-state index contributed by atoms with van der Waals surface area (Å²) in [7, 11) is 0. The van der Waals surface area contributed by atoms with Gasteiger partial charge in [-0.2, -0.15) is 0 Å². The number of fused-ring (bicyclic) bond motifs is 1. The second kappa shape index (κ2) is 7.75. The van der Waals surface area contributed by atoms with Gasteiger partial charge in [-0.05, 0) is 49.4 Å². The molecule has 3 aromatic carbocycles. The molecule has 3 aromatic rings. The smallest absolute Gasteiger partial charge is 0.311 e. The van der Waals surface area contributed by atoms with Gasteiger partial charge in [0, 0.05) is 23.0 Å². The number of amides is 1. The number of nitro groups is 1. The standard InChI is InChI=1S/C22H19N3O5/c1-2-30-16-10-8-15(9-11-16)24-21(14-7-12-20(26)19(13-14)25(28)29)23-18-6-4-3-5-17(18)22(24)27/h3-13,21,23,26H,2H2,1H3/t21-/m1/s1. The molecule has 0 bridgehead atoms. The zero-order chi connectivity index (χ0) is 21.3. The summed E-state index contributed by atoms with van der Waals surface area (Å²) in [4.78, 5) is 25.6. The van der Waals surface area contributed by atoms with Crippen molar-refractivity contribution in [2.45, 2.75) is 13.1 Å². The molecule has 0 unspecified atom stereocenters. The maximum absolute atomic E-state index is 13.4. The fourth-order valence-electron chi connectivity index (χ4n) is 3.48. The van der Waals surface area contributed by atoms with Gasteiger partial charge in [-0.15, -0.1) is 0 Å². The summed E-state index contributed by atoms with van der Waals surface area (Å²) in [6.07, 6.45) is -0.704. The van der Waals surface area contributed by atoms with Crippen molar-refractivity contribution in [1.82, 2.24) is 0 Å². The van der Waals surface area contributed by atoms with Crippen LogP contribution in [-0.4, -0.2) is 22.5 Å². The van der Waals surface area contributed by atoms with Crippen molar-refractivity contribution in [2.75, 3.05) is 16.8 Å². The number of nitrogens with zero attached hydrogens (tertiary/aromatic N) is 2. The summed E-state index contributed by atoms with van der Waals surface area (Å²) in [6, 6.07) is 18.2. The molecular formula is C22H19N3O5. The Labute approximate surface area is 172 Å². The molecule has 152 valence electrons. The molecule has 8 heteroatoms. The van der Waals surface area contributed by atoms with Crippen molar-refractivity contribution >= 4 is 23.0 Å². The zero-order valence-electron chi connectivity index (χ0n) is 16.1. The number of ether oxygens (including phenoxy) is 1. The first-order chi connectivity index (χ1) is 14.5. The molecule has 1 atom stereocenters. The molecule has 0 spiro atoms. The normalized spacial score (nSPS) is 15.3. The highest BCUT2D eigenvalue weighted by molar-refractivity contribution is 6.12. The van der Waals surface area contributed by atoms with E-state index >= 15 is 0 Å². The first-order valence-corrected chi connectivity index (χ1v) is 9.39. The predicted molar refractivity (Wildman–Crippen MR) is 112 cm³/mol. The minimum Gasteiger partial charge on any atom is -0.502 e. The van der Waals surface area contributed by atoms with Crippen LogP contribution in [0.15, 0.2) is 66.7 Å². The Hall–Kier alpha value is -4.07. The molecule has 8 nitrogen and oxygen atoms in total. The van der Waals surface area contributed by atoms with Gasteiger partial charge in [-0.25, -0.2) is 0 Å². The maximum atomic E-state index is 13.4. The highest BCUT2D eigenvalue weighted by Gasteiger charge is 2.35. The second-order valence-corrected chi connectivity index (χ2v) is 6.70. The van der Waals surface area contributed by atoms with E-state index < -0.39 is 22.5 Å². The molecule has 0 aromatic heterocycles. The SMILES string of the molecule is CCOc1ccc(N2C(=O)c3ccccc3N[C@H]2c2ccc(O)c([N+](=O)[O-])c2)cc1. The van der Waals surface area contributed by atoms with Crippen molar-refractivity contribution < 1.29 is 19.6 Å². The summed E-state index contributed by atoms with van der Waals surface area (Å²) in [6.45, 7) is 2.41. The lowest BCUT2D eigenvalue weighted by molar-refractivity contribution is -0.385. The number of nitro benzene ring substituents is 1. The Bertz CT molecular complexity index is 1110. The summed E-state index contributed by atoms with van der Waals surface area (Å²) in [5, 5.41) is 24.4. The van der Waals surface area contributed by atoms with Crippen LogP contribution in [0.25, 0.3) is 0 Å². The zero-order valence-corrected chi connectivity index (χ0v) is 16.1. The number of anilines is 2. The van der Waals surface area contributed by atoms with E-state index in [1.165, 1.54) is 17.0 Å². The molecule has 0 saturated carbocycles. The first-order valence-electron chi connectivity index (χ1n) is 9.39. The fraction of sp³-hybridized carbons (Fsp3) is 0.136. The van der Waals surface area contributed by atoms with Crippen LogP contribution in [0, 0.1) is 10.1 Å². The Morgan fingerprint density at radius 1 is 1.13 bits per heavy atom. The van der Waals surface area contributed by atoms with E-state index in [2.05, 4.69) is 5.32 Å². The van der Waals surface area contributed by atoms with Crippen LogP contribution < -0.4 is 15.0 Å². The number of carbonyl (C=O) groups is 1. The van der Waals surface area contributed by atoms with E-state index in [4.69, 9.17) is 4.74 Å². The number of nitrogens with one attached hydrogen (secondary N) is 1. The number of phenols is 1. The van der Waals surface area contributed by atoms with Crippen LogP contribution >= 0.6 is 0 Å². The lowest BCUT2D eigenvalue weighted by Crippen LogP contribution is -2.43. The average molecular weight is 405 g/mol. The van der Waals surface area contributed by atoms with Crippen LogP contribution in [0.4, 0.5) is 17.1 Å². The van der Waals surface area contributed by atoms with E-state index in [1.54, 1.807) is 48.5 Å². The number of aromatic hydroxyl groups is 1. The molecule has 0 fully saturated rings. The second-order valence-electron chi connectivity index (χ2n) is 6.70. The molecule has 0 radical (unpaired) electrons. The quantitative estimate of drug-likeness (QED) is 0.479. The lowest BCUT2D eigenvalue weighted by atomic mass is 10.0. The number of rotatable bonds is 5. The number of phenolic OH excluding ortho intramolecular Hbond substituents is 1. The van der Waals surface area contributed by atoms with Gasteiger partial charge in [0.15, 0.2) is 5.75 Å². The van der Waals surface area contributed by atoms with Crippen LogP contribution in [0.2, 0.25) is 0 Å². The Kier molecular flexibility index (Phi) is 4.97.